The van der Waals surface area contributed by atoms with Crippen molar-refractivity contribution in [3.63, 3.8) is 0 Å². The van der Waals surface area contributed by atoms with Crippen LogP contribution in [0.25, 0.3) is 0 Å². The summed E-state index contributed by atoms with van der Waals surface area (Å²) in [5.74, 6) is 0. The number of hydrogen-bond acceptors (Lipinski definition) is 2. The van der Waals surface area contributed by atoms with Crippen LogP contribution < -0.4 is 5.53 Å². The first-order valence-electron chi connectivity index (χ1n) is 2.27. The predicted octanol–water partition coefficient (Wildman–Crippen LogP) is 0.666. The molecule has 0 atom stereocenters. The van der Waals surface area contributed by atoms with Gasteiger partial charge in [-0.1, -0.05) is 0 Å². The molecule has 1 heterocycles. The van der Waals surface area contributed by atoms with Crippen LogP contribution in [-0.4, -0.2) is 6.61 Å². The minimum atomic E-state index is 0.455. The zero-order valence-electron chi connectivity index (χ0n) is 4.24. The van der Waals surface area contributed by atoms with Gasteiger partial charge in [-0.25, -0.2) is 0 Å². The lowest BCUT2D eigenvalue weighted by atomic mass is 10.4. The summed E-state index contributed by atoms with van der Waals surface area (Å²) in [7, 11) is 0. The van der Waals surface area contributed by atoms with Gasteiger partial charge in [-0.3, -0.25) is 0 Å². The van der Waals surface area contributed by atoms with Crippen molar-refractivity contribution < 1.29 is 4.74 Å². The quantitative estimate of drug-likeness (QED) is 0.456. The van der Waals surface area contributed by atoms with E-state index in [4.69, 9.17) is 10.3 Å². The third-order valence-corrected chi connectivity index (χ3v) is 0.801. The highest BCUT2D eigenvalue weighted by atomic mass is 16.5. The van der Waals surface area contributed by atoms with E-state index >= 15 is 0 Å². The van der Waals surface area contributed by atoms with Gasteiger partial charge in [0, 0.05) is 0 Å². The first kappa shape index (κ1) is 5.03. The molecule has 0 aromatic carbocycles. The van der Waals surface area contributed by atoms with Gasteiger partial charge < -0.3 is 4.74 Å². The van der Waals surface area contributed by atoms with Gasteiger partial charge in [0.15, 0.2) is 0 Å². The zero-order valence-corrected chi connectivity index (χ0v) is 4.24. The highest BCUT2D eigenvalue weighted by Gasteiger charge is 1.91. The van der Waals surface area contributed by atoms with Gasteiger partial charge in [0.1, 0.15) is 18.6 Å². The van der Waals surface area contributed by atoms with Crippen LogP contribution in [0, 0.1) is 0 Å². The minimum Gasteiger partial charge on any atom is -0.495 e. The summed E-state index contributed by atoms with van der Waals surface area (Å²) in [5.41, 5.74) is 8.57. The smallest absolute Gasteiger partial charge is 0.122 e. The normalized spacial score (nSPS) is 16.8. The molecular weight excluding hydrogens is 104 g/mol. The Morgan fingerprint density at radius 3 is 3.00 bits per heavy atom. The van der Waals surface area contributed by atoms with Crippen molar-refractivity contribution in [2.24, 2.45) is 5.11 Å². The van der Waals surface area contributed by atoms with Crippen molar-refractivity contribution in [2.75, 3.05) is 6.61 Å². The molecular formula is C5H5N2O. The van der Waals surface area contributed by atoms with Gasteiger partial charge in [0.2, 0.25) is 0 Å². The van der Waals surface area contributed by atoms with Crippen LogP contribution >= 0.6 is 0 Å². The topological polar surface area (TPSA) is 43.9 Å². The molecule has 8 heavy (non-hydrogen) atoms. The third kappa shape index (κ3) is 0.932. The van der Waals surface area contributed by atoms with Gasteiger partial charge >= 0.3 is 0 Å². The predicted molar refractivity (Wildman–Crippen MR) is 27.7 cm³/mol. The van der Waals surface area contributed by atoms with E-state index in [1.807, 2.05) is 0 Å². The molecule has 0 amide bonds. The van der Waals surface area contributed by atoms with Crippen LogP contribution in [0.1, 0.15) is 0 Å². The average Bonchev–Trinajstić information content (AvgIpc) is 1.90. The second-order valence-electron chi connectivity index (χ2n) is 1.38. The van der Waals surface area contributed by atoms with Gasteiger partial charge in [0.25, 0.3) is 0 Å². The number of ether oxygens (including phenoxy) is 1. The fourth-order valence-electron chi connectivity index (χ4n) is 0.454. The standard InChI is InChI=1S/C5H5N2O/c6-7-5-2-1-3-8-4-5/h1-2,4H,3H2. The Morgan fingerprint density at radius 2 is 2.62 bits per heavy atom. The molecule has 0 unspecified atom stereocenters. The molecule has 0 aliphatic carbocycles. The van der Waals surface area contributed by atoms with Crippen LogP contribution in [0.2, 0.25) is 0 Å². The van der Waals surface area contributed by atoms with E-state index in [2.05, 4.69) is 5.11 Å². The lowest BCUT2D eigenvalue weighted by molar-refractivity contribution is 0.282. The van der Waals surface area contributed by atoms with E-state index in [0.29, 0.717) is 12.3 Å². The summed E-state index contributed by atoms with van der Waals surface area (Å²) in [6.07, 6.45) is 4.86. The number of nitrogens with zero attached hydrogens (tertiary/aromatic N) is 2. The Labute approximate surface area is 47.2 Å². The number of rotatable bonds is 1. The molecule has 0 bridgehead atoms. The average molecular weight is 109 g/mol. The molecule has 0 aromatic heterocycles. The summed E-state index contributed by atoms with van der Waals surface area (Å²) in [6.45, 7) is 0.568. The molecule has 1 rings (SSSR count). The minimum absolute atomic E-state index is 0.455. The maximum atomic E-state index is 8.12. The molecule has 1 radical (unpaired) electrons. The summed E-state index contributed by atoms with van der Waals surface area (Å²) >= 11 is 0. The monoisotopic (exact) mass is 109 g/mol. The molecule has 3 heteroatoms. The van der Waals surface area contributed by atoms with E-state index < -0.39 is 0 Å². The van der Waals surface area contributed by atoms with E-state index in [-0.39, 0.29) is 0 Å². The van der Waals surface area contributed by atoms with Crippen LogP contribution in [0.4, 0.5) is 0 Å². The van der Waals surface area contributed by atoms with Gasteiger partial charge in [-0.2, -0.15) is 0 Å². The van der Waals surface area contributed by atoms with Gasteiger partial charge in [-0.05, 0) is 17.7 Å². The summed E-state index contributed by atoms with van der Waals surface area (Å²) in [6, 6.07) is 0. The van der Waals surface area contributed by atoms with Crippen molar-refractivity contribution in [2.45, 2.75) is 0 Å². The van der Waals surface area contributed by atoms with E-state index in [0.717, 1.165) is 0 Å². The van der Waals surface area contributed by atoms with E-state index in [1.54, 1.807) is 12.2 Å². The Kier molecular flexibility index (Phi) is 1.42. The van der Waals surface area contributed by atoms with Crippen LogP contribution in [0.3, 0.4) is 0 Å². The highest BCUT2D eigenvalue weighted by molar-refractivity contribution is 5.16. The van der Waals surface area contributed by atoms with E-state index in [9.17, 15) is 0 Å². The number of hydrogen-bond donors (Lipinski definition) is 0. The van der Waals surface area contributed by atoms with Crippen molar-refractivity contribution in [3.05, 3.63) is 24.1 Å². The van der Waals surface area contributed by atoms with Crippen LogP contribution in [0.5, 0.6) is 0 Å². The first-order chi connectivity index (χ1) is 3.93. The summed E-state index contributed by atoms with van der Waals surface area (Å²) in [4.78, 5) is 0. The zero-order chi connectivity index (χ0) is 5.82. The third-order valence-electron chi connectivity index (χ3n) is 0.801. The molecule has 0 aromatic rings. The Balaban J connectivity index is 2.64. The van der Waals surface area contributed by atoms with Crippen molar-refractivity contribution >= 4 is 0 Å². The molecule has 0 fully saturated rings. The molecule has 0 N–H and O–H groups in total. The summed E-state index contributed by atoms with van der Waals surface area (Å²) < 4.78 is 4.77. The second-order valence-corrected chi connectivity index (χ2v) is 1.38. The molecule has 41 valence electrons. The van der Waals surface area contributed by atoms with Gasteiger partial charge in [-0.15, -0.1) is 5.11 Å². The maximum Gasteiger partial charge on any atom is 0.122 e. The van der Waals surface area contributed by atoms with Crippen LogP contribution in [-0.2, 0) is 4.74 Å². The Bertz CT molecular complexity index is 149. The van der Waals surface area contributed by atoms with Crippen molar-refractivity contribution in [1.82, 2.24) is 5.53 Å². The number of allylic oxidation sites excluding steroid dienone is 1. The largest absolute Gasteiger partial charge is 0.495 e. The van der Waals surface area contributed by atoms with E-state index in [1.165, 1.54) is 6.26 Å². The SMILES string of the molecule is [N]=NC1=COCC=C1. The Hall–Kier alpha value is -1.12. The molecule has 1 aliphatic heterocycles. The molecule has 0 spiro atoms. The van der Waals surface area contributed by atoms with Crippen LogP contribution in [0.15, 0.2) is 29.2 Å². The Morgan fingerprint density at radius 1 is 1.75 bits per heavy atom. The lowest BCUT2D eigenvalue weighted by Gasteiger charge is -1.99. The molecule has 0 saturated heterocycles. The molecule has 3 nitrogen and oxygen atoms in total. The fourth-order valence-corrected chi connectivity index (χ4v) is 0.454. The highest BCUT2D eigenvalue weighted by Crippen LogP contribution is 2.02. The van der Waals surface area contributed by atoms with Crippen molar-refractivity contribution in [3.8, 4) is 0 Å². The van der Waals surface area contributed by atoms with Gasteiger partial charge in [0.05, 0.1) is 0 Å². The maximum absolute atomic E-state index is 8.12. The molecule has 1 aliphatic rings. The van der Waals surface area contributed by atoms with Crippen molar-refractivity contribution in [1.29, 1.82) is 0 Å². The lowest BCUT2D eigenvalue weighted by Crippen LogP contribution is -1.88. The fraction of sp³-hybridized carbons (Fsp3) is 0.200. The first-order valence-corrected chi connectivity index (χ1v) is 2.27. The molecule has 0 saturated carbocycles. The summed E-state index contributed by atoms with van der Waals surface area (Å²) in [5, 5.41) is 2.90. The second kappa shape index (κ2) is 2.26.